The number of hydrogen-bond acceptors (Lipinski definition) is 5. The van der Waals surface area contributed by atoms with Crippen LogP contribution in [0.3, 0.4) is 0 Å². The number of rotatable bonds is 9. The summed E-state index contributed by atoms with van der Waals surface area (Å²) in [5.74, 6) is 0.386. The van der Waals surface area contributed by atoms with Crippen molar-refractivity contribution in [3.63, 3.8) is 0 Å². The summed E-state index contributed by atoms with van der Waals surface area (Å²) in [5.41, 5.74) is 3.37. The number of nitrogens with one attached hydrogen (secondary N) is 2. The Bertz CT molecular complexity index is 1160. The molecule has 172 valence electrons. The van der Waals surface area contributed by atoms with Gasteiger partial charge in [0.1, 0.15) is 0 Å². The Morgan fingerprint density at radius 3 is 2.48 bits per heavy atom. The first-order valence-corrected chi connectivity index (χ1v) is 12.5. The van der Waals surface area contributed by atoms with Gasteiger partial charge in [0.15, 0.2) is 11.0 Å². The van der Waals surface area contributed by atoms with E-state index in [4.69, 9.17) is 11.6 Å². The number of aryl methyl sites for hydroxylation is 2. The maximum atomic E-state index is 12.6. The zero-order valence-corrected chi connectivity index (χ0v) is 21.9. The number of carbonyl (C=O) groups is 2. The second-order valence-electron chi connectivity index (χ2n) is 7.24. The maximum Gasteiger partial charge on any atom is 0.251 e. The van der Waals surface area contributed by atoms with Gasteiger partial charge in [0.25, 0.3) is 5.91 Å². The van der Waals surface area contributed by atoms with Crippen LogP contribution >= 0.6 is 46.0 Å². The van der Waals surface area contributed by atoms with Crippen molar-refractivity contribution < 1.29 is 9.59 Å². The Hall–Kier alpha value is -2.37. The van der Waals surface area contributed by atoms with Crippen molar-refractivity contribution in [2.24, 2.45) is 0 Å². The van der Waals surface area contributed by atoms with Crippen LogP contribution in [-0.4, -0.2) is 32.3 Å². The van der Waals surface area contributed by atoms with Crippen LogP contribution < -0.4 is 10.6 Å². The predicted molar refractivity (Wildman–Crippen MR) is 141 cm³/mol. The fraction of sp³-hybridized carbons (Fsp3) is 0.217. The molecule has 0 saturated heterocycles. The first-order chi connectivity index (χ1) is 15.8. The molecular weight excluding hydrogens is 573 g/mol. The average molecular weight is 596 g/mol. The molecule has 0 aliphatic rings. The zero-order valence-electron chi connectivity index (χ0n) is 18.2. The highest BCUT2D eigenvalue weighted by Gasteiger charge is 2.16. The van der Waals surface area contributed by atoms with Crippen molar-refractivity contribution in [3.05, 3.63) is 80.2 Å². The van der Waals surface area contributed by atoms with Gasteiger partial charge in [0.2, 0.25) is 5.91 Å². The second kappa shape index (κ2) is 11.7. The highest BCUT2D eigenvalue weighted by atomic mass is 127. The third-order valence-electron chi connectivity index (χ3n) is 4.71. The Morgan fingerprint density at radius 2 is 1.85 bits per heavy atom. The van der Waals surface area contributed by atoms with Crippen molar-refractivity contribution in [1.29, 1.82) is 0 Å². The summed E-state index contributed by atoms with van der Waals surface area (Å²) in [6.07, 6.45) is 1.72. The van der Waals surface area contributed by atoms with E-state index in [1.165, 1.54) is 11.8 Å². The van der Waals surface area contributed by atoms with Gasteiger partial charge in [-0.1, -0.05) is 29.4 Å². The largest absolute Gasteiger partial charge is 0.345 e. The Morgan fingerprint density at radius 1 is 1.18 bits per heavy atom. The molecule has 10 heteroatoms. The molecule has 0 radical (unpaired) electrons. The third-order valence-corrected chi connectivity index (χ3v) is 6.55. The maximum absolute atomic E-state index is 12.6. The van der Waals surface area contributed by atoms with Gasteiger partial charge in [-0.25, -0.2) is 0 Å². The van der Waals surface area contributed by atoms with E-state index in [0.717, 1.165) is 20.4 Å². The van der Waals surface area contributed by atoms with E-state index in [-0.39, 0.29) is 24.1 Å². The van der Waals surface area contributed by atoms with E-state index in [0.29, 0.717) is 28.1 Å². The first kappa shape index (κ1) is 25.3. The summed E-state index contributed by atoms with van der Waals surface area (Å²) in [4.78, 5) is 24.9. The summed E-state index contributed by atoms with van der Waals surface area (Å²) >= 11 is 9.42. The molecule has 3 rings (SSSR count). The highest BCUT2D eigenvalue weighted by Crippen LogP contribution is 2.24. The molecule has 0 bridgehead atoms. The van der Waals surface area contributed by atoms with Crippen LogP contribution in [-0.2, 0) is 17.9 Å². The van der Waals surface area contributed by atoms with E-state index in [1.54, 1.807) is 30.3 Å². The Balaban J connectivity index is 1.63. The lowest BCUT2D eigenvalue weighted by atomic mass is 10.1. The molecule has 0 unspecified atom stereocenters. The molecule has 1 aromatic heterocycles. The minimum atomic E-state index is -0.239. The highest BCUT2D eigenvalue weighted by molar-refractivity contribution is 14.1. The fourth-order valence-corrected chi connectivity index (χ4v) is 4.97. The fourth-order valence-electron chi connectivity index (χ4n) is 3.15. The van der Waals surface area contributed by atoms with Gasteiger partial charge in [0.05, 0.1) is 12.3 Å². The van der Waals surface area contributed by atoms with E-state index in [1.807, 2.05) is 30.5 Å². The smallest absolute Gasteiger partial charge is 0.251 e. The lowest BCUT2D eigenvalue weighted by Gasteiger charge is -2.12. The lowest BCUT2D eigenvalue weighted by Crippen LogP contribution is -2.24. The quantitative estimate of drug-likeness (QED) is 0.207. The van der Waals surface area contributed by atoms with Crippen LogP contribution in [0.15, 0.2) is 54.2 Å². The monoisotopic (exact) mass is 595 g/mol. The van der Waals surface area contributed by atoms with E-state index in [9.17, 15) is 9.59 Å². The van der Waals surface area contributed by atoms with E-state index >= 15 is 0 Å². The number of amides is 2. The van der Waals surface area contributed by atoms with Gasteiger partial charge in [0, 0.05) is 26.4 Å². The number of allylic oxidation sites excluding steroid dienone is 1. The number of hydrogen-bond donors (Lipinski definition) is 2. The molecular formula is C23H23ClIN5O2S. The standard InChI is InChI=1S/C23H23ClIN5O2S/c1-4-9-30-19(12-26-22(32)16-5-7-17(24)8-6-16)28-29-23(30)33-13-20(31)27-21-14(2)10-18(25)11-15(21)3/h4-8,10-11H,1,9,12-13H2,2-3H3,(H,26,32)(H,27,31). The normalized spacial score (nSPS) is 10.7. The molecule has 3 aromatic rings. The van der Waals surface area contributed by atoms with Gasteiger partial charge in [-0.15, -0.1) is 16.8 Å². The van der Waals surface area contributed by atoms with Crippen molar-refractivity contribution in [1.82, 2.24) is 20.1 Å². The number of thioether (sulfide) groups is 1. The van der Waals surface area contributed by atoms with Crippen molar-refractivity contribution >= 4 is 63.5 Å². The van der Waals surface area contributed by atoms with Crippen LogP contribution in [0.4, 0.5) is 5.69 Å². The van der Waals surface area contributed by atoms with Crippen LogP contribution in [0.25, 0.3) is 0 Å². The topological polar surface area (TPSA) is 88.9 Å². The zero-order chi connectivity index (χ0) is 24.0. The van der Waals surface area contributed by atoms with Crippen molar-refractivity contribution in [2.75, 3.05) is 11.1 Å². The summed E-state index contributed by atoms with van der Waals surface area (Å²) in [5, 5.41) is 15.4. The van der Waals surface area contributed by atoms with Gasteiger partial charge in [-0.2, -0.15) is 0 Å². The number of nitrogens with zero attached hydrogens (tertiary/aromatic N) is 3. The molecule has 0 atom stereocenters. The summed E-state index contributed by atoms with van der Waals surface area (Å²) in [6, 6.07) is 10.7. The molecule has 7 nitrogen and oxygen atoms in total. The molecule has 2 N–H and O–H groups in total. The molecule has 33 heavy (non-hydrogen) atoms. The number of halogens is 2. The van der Waals surface area contributed by atoms with Crippen LogP contribution in [0.2, 0.25) is 5.02 Å². The molecule has 0 aliphatic carbocycles. The van der Waals surface area contributed by atoms with Crippen LogP contribution in [0.5, 0.6) is 0 Å². The molecule has 0 spiro atoms. The molecule has 1 heterocycles. The molecule has 2 amide bonds. The van der Waals surface area contributed by atoms with Crippen LogP contribution in [0, 0.1) is 17.4 Å². The molecule has 0 saturated carbocycles. The lowest BCUT2D eigenvalue weighted by molar-refractivity contribution is -0.113. The first-order valence-electron chi connectivity index (χ1n) is 10.0. The third kappa shape index (κ3) is 6.81. The summed E-state index contributed by atoms with van der Waals surface area (Å²) in [7, 11) is 0. The van der Waals surface area contributed by atoms with Crippen molar-refractivity contribution in [3.8, 4) is 0 Å². The second-order valence-corrected chi connectivity index (χ2v) is 9.86. The average Bonchev–Trinajstić information content (AvgIpc) is 3.15. The summed E-state index contributed by atoms with van der Waals surface area (Å²) in [6.45, 7) is 8.38. The molecule has 2 aromatic carbocycles. The Labute approximate surface area is 215 Å². The number of aromatic nitrogens is 3. The molecule has 0 aliphatic heterocycles. The molecule has 0 fully saturated rings. The van der Waals surface area contributed by atoms with Gasteiger partial charge >= 0.3 is 0 Å². The van der Waals surface area contributed by atoms with E-state index in [2.05, 4.69) is 50.0 Å². The van der Waals surface area contributed by atoms with Gasteiger partial charge in [-0.3, -0.25) is 9.59 Å². The predicted octanol–water partition coefficient (Wildman–Crippen LogP) is 5.00. The van der Waals surface area contributed by atoms with Crippen LogP contribution in [0.1, 0.15) is 27.3 Å². The van der Waals surface area contributed by atoms with Crippen molar-refractivity contribution in [2.45, 2.75) is 32.1 Å². The number of anilines is 1. The summed E-state index contributed by atoms with van der Waals surface area (Å²) < 4.78 is 2.96. The van der Waals surface area contributed by atoms with E-state index < -0.39 is 0 Å². The Kier molecular flexibility index (Phi) is 8.93. The van der Waals surface area contributed by atoms with Gasteiger partial charge < -0.3 is 15.2 Å². The number of carbonyl (C=O) groups excluding carboxylic acids is 2. The SMILES string of the molecule is C=CCn1c(CNC(=O)c2ccc(Cl)cc2)nnc1SCC(=O)Nc1c(C)cc(I)cc1C. The minimum Gasteiger partial charge on any atom is -0.345 e. The minimum absolute atomic E-state index is 0.127. The van der Waals surface area contributed by atoms with Gasteiger partial charge in [-0.05, 0) is 84.0 Å². The number of benzene rings is 2.